The summed E-state index contributed by atoms with van der Waals surface area (Å²) in [4.78, 5) is 9.53. The maximum absolute atomic E-state index is 5.94. The van der Waals surface area contributed by atoms with E-state index in [4.69, 9.17) is 19.4 Å². The van der Waals surface area contributed by atoms with E-state index in [-0.39, 0.29) is 0 Å². The Labute approximate surface area is 279 Å². The van der Waals surface area contributed by atoms with E-state index in [1.165, 1.54) is 56.8 Å². The van der Waals surface area contributed by atoms with Crippen molar-refractivity contribution in [2.24, 2.45) is 0 Å². The zero-order chi connectivity index (χ0) is 29.6. The molecule has 4 rings (SSSR count). The largest absolute Gasteiger partial charge is 0.377 e. The number of pyridine rings is 2. The van der Waals surface area contributed by atoms with Gasteiger partial charge in [-0.2, -0.15) is 0 Å². The molecule has 0 fully saturated rings. The van der Waals surface area contributed by atoms with E-state index >= 15 is 0 Å². The topological polar surface area (TPSA) is 44.2 Å². The summed E-state index contributed by atoms with van der Waals surface area (Å²) < 4.78 is 14.3. The number of rotatable bonds is 17. The molecule has 6 heteroatoms. The van der Waals surface area contributed by atoms with Crippen LogP contribution in [0.2, 0.25) is 0 Å². The Bertz CT molecular complexity index is 1270. The van der Waals surface area contributed by atoms with E-state index in [0.717, 1.165) is 59.7 Å². The number of halogens is 2. The molecule has 4 nitrogen and oxygen atoms in total. The van der Waals surface area contributed by atoms with Gasteiger partial charge in [0.25, 0.3) is 0 Å². The van der Waals surface area contributed by atoms with Crippen molar-refractivity contribution in [2.45, 2.75) is 78.4 Å². The minimum Gasteiger partial charge on any atom is -0.377 e. The third-order valence-electron chi connectivity index (χ3n) is 7.19. The predicted octanol–water partition coefficient (Wildman–Crippen LogP) is 10.9. The fourth-order valence-corrected chi connectivity index (χ4v) is 6.35. The first-order valence-electron chi connectivity index (χ1n) is 15.2. The summed E-state index contributed by atoms with van der Waals surface area (Å²) in [5.74, 6) is 0. The predicted molar refractivity (Wildman–Crippen MR) is 191 cm³/mol. The molecule has 0 unspecified atom stereocenters. The molecule has 2 aromatic carbocycles. The minimum absolute atomic E-state index is 0.645. The molecule has 0 aliphatic rings. The van der Waals surface area contributed by atoms with Gasteiger partial charge >= 0.3 is 0 Å². The standard InChI is InChI=1S/C36H42I2N2O2/c1-3-5-7-9-15-41-25-27-17-31(21-33(37)19-27)29-11-13-35(39-23-29)36-14-12-30(24-40-36)32-18-28(20-34(38)22-32)26-42-16-10-8-6-4-2/h11-14,17-24H,3-10,15-16,25-26H2,1-2H3. The number of unbranched alkanes of at least 4 members (excludes halogenated alkanes) is 6. The van der Waals surface area contributed by atoms with Gasteiger partial charge < -0.3 is 9.47 Å². The van der Waals surface area contributed by atoms with Crippen LogP contribution in [-0.2, 0) is 22.7 Å². The average Bonchev–Trinajstić information content (AvgIpc) is 3.00. The Kier molecular flexibility index (Phi) is 14.2. The molecule has 0 radical (unpaired) electrons. The highest BCUT2D eigenvalue weighted by Gasteiger charge is 2.08. The number of hydrogen-bond acceptors (Lipinski definition) is 4. The second-order valence-electron chi connectivity index (χ2n) is 10.8. The van der Waals surface area contributed by atoms with E-state index in [1.54, 1.807) is 0 Å². The first-order valence-corrected chi connectivity index (χ1v) is 17.4. The maximum atomic E-state index is 5.94. The second kappa shape index (κ2) is 18.0. The van der Waals surface area contributed by atoms with E-state index in [9.17, 15) is 0 Å². The lowest BCUT2D eigenvalue weighted by atomic mass is 10.0. The lowest BCUT2D eigenvalue weighted by Gasteiger charge is -2.10. The first kappa shape index (κ1) is 33.0. The molecular weight excluding hydrogens is 746 g/mol. The summed E-state index contributed by atoms with van der Waals surface area (Å²) in [6.07, 6.45) is 13.7. The van der Waals surface area contributed by atoms with E-state index in [0.29, 0.717) is 13.2 Å². The summed E-state index contributed by atoms with van der Waals surface area (Å²) in [7, 11) is 0. The molecule has 222 valence electrons. The Balaban J connectivity index is 1.38. The number of benzene rings is 2. The van der Waals surface area contributed by atoms with Crippen molar-refractivity contribution in [1.29, 1.82) is 0 Å². The average molecular weight is 789 g/mol. The molecule has 0 saturated heterocycles. The highest BCUT2D eigenvalue weighted by molar-refractivity contribution is 14.1. The molecule has 0 aliphatic heterocycles. The van der Waals surface area contributed by atoms with Gasteiger partial charge in [-0.3, -0.25) is 9.97 Å². The van der Waals surface area contributed by atoms with Gasteiger partial charge in [0.2, 0.25) is 0 Å². The molecule has 0 bridgehead atoms. The number of ether oxygens (including phenoxy) is 2. The van der Waals surface area contributed by atoms with Crippen LogP contribution in [0.1, 0.15) is 76.3 Å². The van der Waals surface area contributed by atoms with Crippen LogP contribution in [0.25, 0.3) is 33.6 Å². The second-order valence-corrected chi connectivity index (χ2v) is 13.3. The van der Waals surface area contributed by atoms with Crippen molar-refractivity contribution in [1.82, 2.24) is 9.97 Å². The van der Waals surface area contributed by atoms with Crippen LogP contribution >= 0.6 is 45.2 Å². The summed E-state index contributed by atoms with van der Waals surface area (Å²) >= 11 is 4.77. The fraction of sp³-hybridized carbons (Fsp3) is 0.389. The van der Waals surface area contributed by atoms with Gasteiger partial charge in [0, 0.05) is 43.9 Å². The lowest BCUT2D eigenvalue weighted by molar-refractivity contribution is 0.116. The minimum atomic E-state index is 0.645. The summed E-state index contributed by atoms with van der Waals surface area (Å²) in [5, 5.41) is 0. The van der Waals surface area contributed by atoms with Crippen LogP contribution in [-0.4, -0.2) is 23.2 Å². The van der Waals surface area contributed by atoms with Gasteiger partial charge in [-0.05, 0) is 129 Å². The molecule has 0 N–H and O–H groups in total. The number of aromatic nitrogens is 2. The van der Waals surface area contributed by atoms with Crippen LogP contribution in [0, 0.1) is 7.14 Å². The van der Waals surface area contributed by atoms with E-state index < -0.39 is 0 Å². The van der Waals surface area contributed by atoms with Gasteiger partial charge in [0.15, 0.2) is 0 Å². The fourth-order valence-electron chi connectivity index (χ4n) is 4.87. The Hall–Kier alpha value is -1.88. The molecule has 4 aromatic rings. The third-order valence-corrected chi connectivity index (χ3v) is 8.44. The van der Waals surface area contributed by atoms with Crippen LogP contribution in [0.3, 0.4) is 0 Å². The van der Waals surface area contributed by atoms with Crippen molar-refractivity contribution >= 4 is 45.2 Å². The summed E-state index contributed by atoms with van der Waals surface area (Å²) in [6.45, 7) is 7.40. The SMILES string of the molecule is CCCCCCOCc1cc(I)cc(-c2ccc(-c3ccc(-c4cc(I)cc(COCCCCCC)c4)cn3)nc2)c1. The lowest BCUT2D eigenvalue weighted by Crippen LogP contribution is -1.97. The van der Waals surface area contributed by atoms with Gasteiger partial charge in [-0.15, -0.1) is 0 Å². The Morgan fingerprint density at radius 2 is 0.976 bits per heavy atom. The van der Waals surface area contributed by atoms with Crippen LogP contribution in [0.15, 0.2) is 73.1 Å². The normalized spacial score (nSPS) is 11.2. The van der Waals surface area contributed by atoms with Crippen molar-refractivity contribution < 1.29 is 9.47 Å². The Morgan fingerprint density at radius 3 is 1.36 bits per heavy atom. The smallest absolute Gasteiger partial charge is 0.0886 e. The third kappa shape index (κ3) is 10.7. The summed E-state index contributed by atoms with van der Waals surface area (Å²) in [6, 6.07) is 21.6. The van der Waals surface area contributed by atoms with Crippen LogP contribution < -0.4 is 0 Å². The van der Waals surface area contributed by atoms with Gasteiger partial charge in [0.1, 0.15) is 0 Å². The zero-order valence-electron chi connectivity index (χ0n) is 24.9. The molecule has 2 aromatic heterocycles. The van der Waals surface area contributed by atoms with Gasteiger partial charge in [0.05, 0.1) is 24.6 Å². The van der Waals surface area contributed by atoms with Gasteiger partial charge in [-0.1, -0.05) is 64.5 Å². The van der Waals surface area contributed by atoms with Gasteiger partial charge in [-0.25, -0.2) is 0 Å². The quantitative estimate of drug-likeness (QED) is 0.0790. The highest BCUT2D eigenvalue weighted by Crippen LogP contribution is 2.28. The van der Waals surface area contributed by atoms with Crippen LogP contribution in [0.4, 0.5) is 0 Å². The molecule has 0 amide bonds. The molecule has 42 heavy (non-hydrogen) atoms. The van der Waals surface area contributed by atoms with E-state index in [2.05, 4.69) is 120 Å². The first-order chi connectivity index (χ1) is 20.6. The maximum Gasteiger partial charge on any atom is 0.0886 e. The van der Waals surface area contributed by atoms with E-state index in [1.807, 2.05) is 12.4 Å². The number of nitrogens with zero attached hydrogens (tertiary/aromatic N) is 2. The zero-order valence-corrected chi connectivity index (χ0v) is 29.2. The van der Waals surface area contributed by atoms with Crippen molar-refractivity contribution in [3.8, 4) is 33.6 Å². The molecule has 0 spiro atoms. The summed E-state index contributed by atoms with van der Waals surface area (Å²) in [5.41, 5.74) is 8.64. The molecule has 2 heterocycles. The number of hydrogen-bond donors (Lipinski definition) is 0. The Morgan fingerprint density at radius 1 is 0.524 bits per heavy atom. The molecular formula is C36H42I2N2O2. The van der Waals surface area contributed by atoms with Crippen molar-refractivity contribution in [3.63, 3.8) is 0 Å². The van der Waals surface area contributed by atoms with Crippen LogP contribution in [0.5, 0.6) is 0 Å². The molecule has 0 aliphatic carbocycles. The monoisotopic (exact) mass is 788 g/mol. The van der Waals surface area contributed by atoms with Crippen molar-refractivity contribution in [2.75, 3.05) is 13.2 Å². The molecule has 0 atom stereocenters. The van der Waals surface area contributed by atoms with Crippen molar-refractivity contribution in [3.05, 3.63) is 91.3 Å². The highest BCUT2D eigenvalue weighted by atomic mass is 127. The molecule has 0 saturated carbocycles.